The second-order valence-corrected chi connectivity index (χ2v) is 5.96. The summed E-state index contributed by atoms with van der Waals surface area (Å²) in [5, 5.41) is 9.40. The molecule has 0 aliphatic carbocycles. The first-order valence-corrected chi connectivity index (χ1v) is 7.38. The molecule has 6 nitrogen and oxygen atoms in total. The molecule has 0 bridgehead atoms. The largest absolute Gasteiger partial charge is 0.481 e. The Labute approximate surface area is 125 Å². The van der Waals surface area contributed by atoms with E-state index in [1.807, 2.05) is 13.0 Å². The lowest BCUT2D eigenvalue weighted by Gasteiger charge is -2.39. The fraction of sp³-hybridized carbons (Fsp3) is 0.667. The monoisotopic (exact) mass is 293 g/mol. The molecule has 1 unspecified atom stereocenters. The zero-order valence-corrected chi connectivity index (χ0v) is 12.9. The molecule has 1 aliphatic rings. The van der Waals surface area contributed by atoms with Gasteiger partial charge in [-0.2, -0.15) is 0 Å². The third-order valence-corrected chi connectivity index (χ3v) is 4.24. The molecule has 2 heterocycles. The van der Waals surface area contributed by atoms with Crippen LogP contribution in [0.5, 0.6) is 5.88 Å². The van der Waals surface area contributed by atoms with E-state index in [0.717, 1.165) is 25.2 Å². The summed E-state index contributed by atoms with van der Waals surface area (Å²) in [4.78, 5) is 21.9. The van der Waals surface area contributed by atoms with Gasteiger partial charge in [0, 0.05) is 19.2 Å². The van der Waals surface area contributed by atoms with Crippen molar-refractivity contribution in [3.05, 3.63) is 12.4 Å². The molecule has 1 N–H and O–H groups in total. The number of hydrogen-bond donors (Lipinski definition) is 1. The molecule has 0 aromatic carbocycles. The Balaban J connectivity index is 2.14. The van der Waals surface area contributed by atoms with Crippen LogP contribution in [0.15, 0.2) is 12.4 Å². The molecule has 2 rings (SSSR count). The van der Waals surface area contributed by atoms with Crippen LogP contribution in [0.2, 0.25) is 0 Å². The van der Waals surface area contributed by atoms with Crippen molar-refractivity contribution in [1.29, 1.82) is 0 Å². The Kier molecular flexibility index (Phi) is 4.65. The van der Waals surface area contributed by atoms with Crippen LogP contribution in [-0.2, 0) is 4.79 Å². The van der Waals surface area contributed by atoms with Gasteiger partial charge in [0.05, 0.1) is 12.0 Å². The Hall–Kier alpha value is -1.85. The number of carboxylic acids is 1. The van der Waals surface area contributed by atoms with Crippen molar-refractivity contribution >= 4 is 11.8 Å². The van der Waals surface area contributed by atoms with Crippen LogP contribution < -0.4 is 9.64 Å². The fourth-order valence-electron chi connectivity index (χ4n) is 2.68. The highest BCUT2D eigenvalue weighted by Gasteiger charge is 2.39. The third-order valence-electron chi connectivity index (χ3n) is 4.24. The molecule has 1 aromatic rings. The van der Waals surface area contributed by atoms with Gasteiger partial charge >= 0.3 is 5.97 Å². The van der Waals surface area contributed by atoms with Crippen molar-refractivity contribution in [3.8, 4) is 5.88 Å². The zero-order chi connectivity index (χ0) is 15.5. The molecule has 0 amide bonds. The van der Waals surface area contributed by atoms with Crippen molar-refractivity contribution in [2.75, 3.05) is 24.6 Å². The molecular weight excluding hydrogens is 270 g/mol. The highest BCUT2D eigenvalue weighted by molar-refractivity contribution is 5.74. The molecule has 0 saturated carbocycles. The van der Waals surface area contributed by atoms with Crippen molar-refractivity contribution in [3.63, 3.8) is 0 Å². The van der Waals surface area contributed by atoms with Crippen LogP contribution in [0.1, 0.15) is 33.6 Å². The van der Waals surface area contributed by atoms with Gasteiger partial charge in [-0.1, -0.05) is 0 Å². The van der Waals surface area contributed by atoms with E-state index in [2.05, 4.69) is 14.9 Å². The van der Waals surface area contributed by atoms with Gasteiger partial charge in [-0.25, -0.2) is 9.97 Å². The van der Waals surface area contributed by atoms with Crippen LogP contribution in [0.4, 0.5) is 5.82 Å². The molecule has 1 fully saturated rings. The summed E-state index contributed by atoms with van der Waals surface area (Å²) < 4.78 is 5.40. The molecule has 1 saturated heterocycles. The van der Waals surface area contributed by atoms with Crippen LogP contribution in [0.25, 0.3) is 0 Å². The SMILES string of the molecule is CCOc1cc(N2CCCC(C(C)(C)C(=O)O)C2)ncn1. The van der Waals surface area contributed by atoms with Crippen molar-refractivity contribution in [1.82, 2.24) is 9.97 Å². The van der Waals surface area contributed by atoms with E-state index >= 15 is 0 Å². The Bertz CT molecular complexity index is 505. The molecule has 6 heteroatoms. The number of anilines is 1. The van der Waals surface area contributed by atoms with Crippen molar-refractivity contribution < 1.29 is 14.6 Å². The lowest BCUT2D eigenvalue weighted by atomic mass is 9.74. The molecule has 1 atom stereocenters. The summed E-state index contributed by atoms with van der Waals surface area (Å²) in [7, 11) is 0. The fourth-order valence-corrected chi connectivity index (χ4v) is 2.68. The van der Waals surface area contributed by atoms with Crippen LogP contribution in [-0.4, -0.2) is 40.7 Å². The molecule has 0 radical (unpaired) electrons. The van der Waals surface area contributed by atoms with Gasteiger partial charge < -0.3 is 14.7 Å². The summed E-state index contributed by atoms with van der Waals surface area (Å²) in [5.74, 6) is 0.725. The number of carboxylic acid groups (broad SMARTS) is 1. The number of aliphatic carboxylic acids is 1. The van der Waals surface area contributed by atoms with Gasteiger partial charge in [0.25, 0.3) is 0 Å². The summed E-state index contributed by atoms with van der Waals surface area (Å²) >= 11 is 0. The second kappa shape index (κ2) is 6.28. The van der Waals surface area contributed by atoms with Crippen LogP contribution in [0, 0.1) is 11.3 Å². The molecule has 0 spiro atoms. The maximum absolute atomic E-state index is 11.4. The smallest absolute Gasteiger partial charge is 0.309 e. The standard InChI is InChI=1S/C15H23N3O3/c1-4-21-13-8-12(16-10-17-13)18-7-5-6-11(9-18)15(2,3)14(19)20/h8,10-11H,4-7,9H2,1-3H3,(H,19,20). The lowest BCUT2D eigenvalue weighted by Crippen LogP contribution is -2.45. The highest BCUT2D eigenvalue weighted by Crippen LogP contribution is 2.35. The quantitative estimate of drug-likeness (QED) is 0.897. The Morgan fingerprint density at radius 2 is 2.29 bits per heavy atom. The molecule has 21 heavy (non-hydrogen) atoms. The van der Waals surface area contributed by atoms with Gasteiger partial charge in [-0.15, -0.1) is 0 Å². The second-order valence-electron chi connectivity index (χ2n) is 5.96. The molecule has 1 aromatic heterocycles. The number of aromatic nitrogens is 2. The van der Waals surface area contributed by atoms with E-state index in [1.165, 1.54) is 6.33 Å². The van der Waals surface area contributed by atoms with Crippen molar-refractivity contribution in [2.24, 2.45) is 11.3 Å². The van der Waals surface area contributed by atoms with Crippen LogP contribution >= 0.6 is 0 Å². The normalized spacial score (nSPS) is 19.4. The van der Waals surface area contributed by atoms with E-state index in [9.17, 15) is 9.90 Å². The summed E-state index contributed by atoms with van der Waals surface area (Å²) in [6, 6.07) is 1.82. The van der Waals surface area contributed by atoms with E-state index in [4.69, 9.17) is 4.74 Å². The zero-order valence-electron chi connectivity index (χ0n) is 12.9. The molecule has 1 aliphatic heterocycles. The van der Waals surface area contributed by atoms with Gasteiger partial charge in [-0.05, 0) is 39.5 Å². The summed E-state index contributed by atoms with van der Waals surface area (Å²) in [6.45, 7) is 7.65. The van der Waals surface area contributed by atoms with Gasteiger partial charge in [0.1, 0.15) is 12.1 Å². The van der Waals surface area contributed by atoms with Gasteiger partial charge in [0.15, 0.2) is 0 Å². The minimum atomic E-state index is -0.743. The maximum atomic E-state index is 11.4. The van der Waals surface area contributed by atoms with Gasteiger partial charge in [0.2, 0.25) is 5.88 Å². The van der Waals surface area contributed by atoms with E-state index in [0.29, 0.717) is 19.0 Å². The highest BCUT2D eigenvalue weighted by atomic mass is 16.5. The first-order chi connectivity index (χ1) is 9.95. The number of ether oxygens (including phenoxy) is 1. The number of carbonyl (C=O) groups is 1. The van der Waals surface area contributed by atoms with Gasteiger partial charge in [-0.3, -0.25) is 4.79 Å². The van der Waals surface area contributed by atoms with E-state index in [1.54, 1.807) is 13.8 Å². The minimum Gasteiger partial charge on any atom is -0.481 e. The number of piperidine rings is 1. The number of rotatable bonds is 5. The third kappa shape index (κ3) is 3.43. The first kappa shape index (κ1) is 15.5. The Morgan fingerprint density at radius 3 is 2.95 bits per heavy atom. The van der Waals surface area contributed by atoms with Crippen LogP contribution in [0.3, 0.4) is 0 Å². The molecular formula is C15H23N3O3. The van der Waals surface area contributed by atoms with Crippen molar-refractivity contribution in [2.45, 2.75) is 33.6 Å². The summed E-state index contributed by atoms with van der Waals surface area (Å²) in [5.41, 5.74) is -0.728. The lowest BCUT2D eigenvalue weighted by molar-refractivity contribution is -0.150. The van der Waals surface area contributed by atoms with E-state index in [-0.39, 0.29) is 5.92 Å². The van der Waals surface area contributed by atoms with E-state index < -0.39 is 11.4 Å². The molecule has 116 valence electrons. The number of hydrogen-bond acceptors (Lipinski definition) is 5. The average Bonchev–Trinajstić information content (AvgIpc) is 2.48. The maximum Gasteiger partial charge on any atom is 0.309 e. The first-order valence-electron chi connectivity index (χ1n) is 7.38. The topological polar surface area (TPSA) is 75.5 Å². The predicted octanol–water partition coefficient (Wildman–Crippen LogP) is 2.20. The minimum absolute atomic E-state index is 0.106. The average molecular weight is 293 g/mol. The summed E-state index contributed by atoms with van der Waals surface area (Å²) in [6.07, 6.45) is 3.39. The number of nitrogens with zero attached hydrogens (tertiary/aromatic N) is 3. The predicted molar refractivity (Wildman–Crippen MR) is 79.6 cm³/mol. The Morgan fingerprint density at radius 1 is 1.52 bits per heavy atom.